The van der Waals surface area contributed by atoms with Crippen molar-refractivity contribution in [2.75, 3.05) is 0 Å². The molecule has 0 saturated heterocycles. The average molecular weight is 354 g/mol. The molecule has 0 aliphatic carbocycles. The molecule has 7 heteroatoms. The first-order valence-electron chi connectivity index (χ1n) is 7.92. The minimum atomic E-state index is -0.668. The van der Waals surface area contributed by atoms with Crippen LogP contribution in [0, 0.1) is 0 Å². The number of para-hydroxylation sites is 2. The molecule has 0 aliphatic rings. The molecule has 2 heterocycles. The highest BCUT2D eigenvalue weighted by atomic mass is 35.5. The van der Waals surface area contributed by atoms with Crippen LogP contribution in [0.2, 0.25) is 5.02 Å². The van der Waals surface area contributed by atoms with Crippen molar-refractivity contribution in [1.82, 2.24) is 24.5 Å². The van der Waals surface area contributed by atoms with Gasteiger partial charge in [-0.05, 0) is 43.3 Å². The molecule has 126 valence electrons. The van der Waals surface area contributed by atoms with Crippen molar-refractivity contribution in [3.63, 3.8) is 0 Å². The van der Waals surface area contributed by atoms with E-state index in [1.807, 2.05) is 59.3 Å². The largest absolute Gasteiger partial charge is 0.385 e. The summed E-state index contributed by atoms with van der Waals surface area (Å²) < 4.78 is 3.67. The van der Waals surface area contributed by atoms with Crippen LogP contribution >= 0.6 is 11.6 Å². The van der Waals surface area contributed by atoms with Gasteiger partial charge in [0, 0.05) is 5.02 Å². The van der Waals surface area contributed by atoms with Crippen LogP contribution in [-0.4, -0.2) is 29.7 Å². The maximum absolute atomic E-state index is 10.1. The van der Waals surface area contributed by atoms with Gasteiger partial charge in [0.2, 0.25) is 0 Å². The lowest BCUT2D eigenvalue weighted by Crippen LogP contribution is -2.08. The average Bonchev–Trinajstić information content (AvgIpc) is 3.21. The van der Waals surface area contributed by atoms with E-state index >= 15 is 0 Å². The highest BCUT2D eigenvalue weighted by molar-refractivity contribution is 6.30. The van der Waals surface area contributed by atoms with Crippen LogP contribution in [-0.2, 0) is 6.54 Å². The highest BCUT2D eigenvalue weighted by Crippen LogP contribution is 2.22. The molecule has 0 unspecified atom stereocenters. The van der Waals surface area contributed by atoms with Crippen LogP contribution in [0.3, 0.4) is 0 Å². The number of aliphatic hydroxyl groups is 1. The lowest BCUT2D eigenvalue weighted by molar-refractivity contribution is 0.185. The normalized spacial score (nSPS) is 12.6. The maximum Gasteiger partial charge on any atom is 0.138 e. The Morgan fingerprint density at radius 1 is 1.12 bits per heavy atom. The molecule has 0 aliphatic heterocycles. The Bertz CT molecular complexity index is 1020. The molecule has 4 aromatic rings. The Kier molecular flexibility index (Phi) is 3.99. The van der Waals surface area contributed by atoms with Gasteiger partial charge in [0.15, 0.2) is 0 Å². The number of hydrogen-bond acceptors (Lipinski definition) is 4. The number of benzene rings is 2. The van der Waals surface area contributed by atoms with Crippen LogP contribution in [0.1, 0.15) is 24.5 Å². The smallest absolute Gasteiger partial charge is 0.138 e. The fourth-order valence-corrected chi connectivity index (χ4v) is 2.96. The molecule has 4 rings (SSSR count). The second-order valence-electron chi connectivity index (χ2n) is 5.85. The van der Waals surface area contributed by atoms with Crippen molar-refractivity contribution in [3.05, 3.63) is 71.3 Å². The molecule has 0 bridgehead atoms. The molecular formula is C18H16ClN5O. The van der Waals surface area contributed by atoms with Gasteiger partial charge in [-0.25, -0.2) is 9.67 Å². The predicted molar refractivity (Wildman–Crippen MR) is 95.8 cm³/mol. The van der Waals surface area contributed by atoms with E-state index in [9.17, 15) is 5.11 Å². The summed E-state index contributed by atoms with van der Waals surface area (Å²) in [6.45, 7) is 2.19. The predicted octanol–water partition coefficient (Wildman–Crippen LogP) is 3.37. The minimum absolute atomic E-state index is 0.480. The highest BCUT2D eigenvalue weighted by Gasteiger charge is 2.16. The lowest BCUT2D eigenvalue weighted by atomic mass is 10.3. The molecule has 2 aromatic carbocycles. The first kappa shape index (κ1) is 15.8. The molecule has 0 amide bonds. The second kappa shape index (κ2) is 6.31. The second-order valence-corrected chi connectivity index (χ2v) is 6.29. The number of fused-ring (bicyclic) bond motifs is 1. The fourth-order valence-electron chi connectivity index (χ4n) is 2.83. The van der Waals surface area contributed by atoms with Gasteiger partial charge < -0.3 is 9.67 Å². The van der Waals surface area contributed by atoms with E-state index in [4.69, 9.17) is 11.6 Å². The summed E-state index contributed by atoms with van der Waals surface area (Å²) >= 11 is 5.92. The van der Waals surface area contributed by atoms with Crippen LogP contribution in [0.25, 0.3) is 16.7 Å². The van der Waals surface area contributed by atoms with E-state index in [-0.39, 0.29) is 0 Å². The lowest BCUT2D eigenvalue weighted by Gasteiger charge is -2.09. The Hall–Kier alpha value is -2.70. The Morgan fingerprint density at radius 3 is 2.64 bits per heavy atom. The number of aliphatic hydroxyl groups excluding tert-OH is 1. The molecule has 0 radical (unpaired) electrons. The van der Waals surface area contributed by atoms with Gasteiger partial charge in [0.1, 0.15) is 17.6 Å². The van der Waals surface area contributed by atoms with Gasteiger partial charge >= 0.3 is 0 Å². The summed E-state index contributed by atoms with van der Waals surface area (Å²) in [7, 11) is 0. The van der Waals surface area contributed by atoms with Crippen LogP contribution < -0.4 is 0 Å². The number of nitrogens with zero attached hydrogens (tertiary/aromatic N) is 5. The van der Waals surface area contributed by atoms with Crippen molar-refractivity contribution in [1.29, 1.82) is 0 Å². The SMILES string of the molecule is C[C@@H](O)c1nc2ccccc2n1Cc1cn(-c2ccc(Cl)cc2)nn1. The van der Waals surface area contributed by atoms with E-state index in [0.717, 1.165) is 22.4 Å². The molecule has 0 saturated carbocycles. The zero-order chi connectivity index (χ0) is 17.4. The number of halogens is 1. The molecule has 0 fully saturated rings. The summed E-state index contributed by atoms with van der Waals surface area (Å²) in [6, 6.07) is 15.2. The molecule has 6 nitrogen and oxygen atoms in total. The maximum atomic E-state index is 10.1. The van der Waals surface area contributed by atoms with Crippen molar-refractivity contribution in [2.24, 2.45) is 0 Å². The van der Waals surface area contributed by atoms with Gasteiger partial charge in [-0.2, -0.15) is 0 Å². The number of rotatable bonds is 4. The van der Waals surface area contributed by atoms with E-state index < -0.39 is 6.10 Å². The van der Waals surface area contributed by atoms with Gasteiger partial charge in [0.25, 0.3) is 0 Å². The summed E-state index contributed by atoms with van der Waals surface area (Å²) in [5.74, 6) is 0.613. The summed E-state index contributed by atoms with van der Waals surface area (Å²) in [5, 5.41) is 19.2. The Labute approximate surface area is 149 Å². The summed E-state index contributed by atoms with van der Waals surface area (Å²) in [5.41, 5.74) is 3.47. The third kappa shape index (κ3) is 3.01. The van der Waals surface area contributed by atoms with E-state index in [1.165, 1.54) is 0 Å². The number of hydrogen-bond donors (Lipinski definition) is 1. The standard InChI is InChI=1S/C18H16ClN5O/c1-12(25)18-20-16-4-2-3-5-17(16)23(18)10-14-11-24(22-21-14)15-8-6-13(19)7-9-15/h2-9,11-12,25H,10H2,1H3/t12-/m1/s1. The van der Waals surface area contributed by atoms with Gasteiger partial charge in [-0.3, -0.25) is 0 Å². The van der Waals surface area contributed by atoms with Crippen molar-refractivity contribution < 1.29 is 5.11 Å². The molecule has 1 N–H and O–H groups in total. The quantitative estimate of drug-likeness (QED) is 0.610. The third-order valence-corrected chi connectivity index (χ3v) is 4.26. The monoisotopic (exact) mass is 353 g/mol. The number of aromatic nitrogens is 5. The molecule has 25 heavy (non-hydrogen) atoms. The van der Waals surface area contributed by atoms with Crippen molar-refractivity contribution in [3.8, 4) is 5.69 Å². The zero-order valence-electron chi connectivity index (χ0n) is 13.5. The molecule has 2 aromatic heterocycles. The summed E-state index contributed by atoms with van der Waals surface area (Å²) in [6.07, 6.45) is 1.20. The van der Waals surface area contributed by atoms with Gasteiger partial charge in [0.05, 0.1) is 29.5 Å². The number of imidazole rings is 1. The van der Waals surface area contributed by atoms with Crippen LogP contribution in [0.15, 0.2) is 54.7 Å². The van der Waals surface area contributed by atoms with Crippen LogP contribution in [0.4, 0.5) is 0 Å². The molecule has 0 spiro atoms. The third-order valence-electron chi connectivity index (χ3n) is 4.01. The first-order chi connectivity index (χ1) is 12.1. The van der Waals surface area contributed by atoms with Crippen molar-refractivity contribution in [2.45, 2.75) is 19.6 Å². The minimum Gasteiger partial charge on any atom is -0.385 e. The van der Waals surface area contributed by atoms with E-state index in [0.29, 0.717) is 17.4 Å². The zero-order valence-corrected chi connectivity index (χ0v) is 14.3. The van der Waals surface area contributed by atoms with Crippen LogP contribution in [0.5, 0.6) is 0 Å². The summed E-state index contributed by atoms with van der Waals surface area (Å²) in [4.78, 5) is 4.53. The Balaban J connectivity index is 1.70. The Morgan fingerprint density at radius 2 is 1.88 bits per heavy atom. The molecular weight excluding hydrogens is 338 g/mol. The van der Waals surface area contributed by atoms with Gasteiger partial charge in [-0.1, -0.05) is 28.9 Å². The van der Waals surface area contributed by atoms with Crippen molar-refractivity contribution >= 4 is 22.6 Å². The van der Waals surface area contributed by atoms with E-state index in [2.05, 4.69) is 15.3 Å². The topological polar surface area (TPSA) is 68.8 Å². The van der Waals surface area contributed by atoms with E-state index in [1.54, 1.807) is 11.6 Å². The molecule has 1 atom stereocenters. The first-order valence-corrected chi connectivity index (χ1v) is 8.30. The van der Waals surface area contributed by atoms with Gasteiger partial charge in [-0.15, -0.1) is 5.10 Å². The fraction of sp³-hybridized carbons (Fsp3) is 0.167.